The number of fused-ring (bicyclic) bond motifs is 1. The van der Waals surface area contributed by atoms with Crippen LogP contribution in [0.25, 0.3) is 0 Å². The van der Waals surface area contributed by atoms with Gasteiger partial charge in [-0.15, -0.1) is 0 Å². The lowest BCUT2D eigenvalue weighted by Gasteiger charge is -2.15. The fourth-order valence-electron chi connectivity index (χ4n) is 2.14. The lowest BCUT2D eigenvalue weighted by molar-refractivity contribution is -0.127. The molecule has 0 saturated carbocycles. The van der Waals surface area contributed by atoms with Crippen molar-refractivity contribution in [3.63, 3.8) is 0 Å². The monoisotopic (exact) mass is 315 g/mol. The van der Waals surface area contributed by atoms with E-state index < -0.39 is 6.10 Å². The van der Waals surface area contributed by atoms with Crippen molar-refractivity contribution >= 4 is 5.91 Å². The molecular weight excluding hydrogens is 298 g/mol. The minimum absolute atomic E-state index is 0.202. The van der Waals surface area contributed by atoms with Gasteiger partial charge in [0.1, 0.15) is 12.1 Å². The summed E-state index contributed by atoms with van der Waals surface area (Å²) in [5.41, 5.74) is 1.61. The van der Waals surface area contributed by atoms with Crippen LogP contribution in [0, 0.1) is 6.92 Å². The maximum absolute atomic E-state index is 12.1. The number of aryl methyl sites for hydroxylation is 1. The first-order chi connectivity index (χ1) is 11.1. The standard InChI is InChI=1S/C16H17N3O4/c1-10-5-12(19-8-18-10)7-17-16(20)11(2)23-13-3-4-14-15(6-13)22-9-21-14/h3-6,8,11H,7,9H2,1-2H3,(H,17,20). The number of aromatic nitrogens is 2. The highest BCUT2D eigenvalue weighted by Crippen LogP contribution is 2.35. The first kappa shape index (κ1) is 15.1. The number of hydrogen-bond acceptors (Lipinski definition) is 6. The SMILES string of the molecule is Cc1cc(CNC(=O)C(C)Oc2ccc3c(c2)OCO3)ncn1. The molecule has 0 saturated heterocycles. The van der Waals surface area contributed by atoms with Crippen molar-refractivity contribution in [2.24, 2.45) is 0 Å². The predicted molar refractivity (Wildman–Crippen MR) is 81.3 cm³/mol. The molecular formula is C16H17N3O4. The number of carbonyl (C=O) groups is 1. The van der Waals surface area contributed by atoms with Gasteiger partial charge in [-0.2, -0.15) is 0 Å². The molecule has 1 aliphatic rings. The van der Waals surface area contributed by atoms with E-state index in [0.29, 0.717) is 23.8 Å². The highest BCUT2D eigenvalue weighted by Gasteiger charge is 2.18. The number of hydrogen-bond donors (Lipinski definition) is 1. The Labute approximate surface area is 133 Å². The van der Waals surface area contributed by atoms with Gasteiger partial charge in [0.2, 0.25) is 6.79 Å². The molecule has 23 heavy (non-hydrogen) atoms. The fraction of sp³-hybridized carbons (Fsp3) is 0.312. The second-order valence-corrected chi connectivity index (χ2v) is 5.14. The van der Waals surface area contributed by atoms with E-state index in [-0.39, 0.29) is 12.7 Å². The molecule has 0 radical (unpaired) electrons. The first-order valence-electron chi connectivity index (χ1n) is 7.23. The summed E-state index contributed by atoms with van der Waals surface area (Å²) >= 11 is 0. The molecule has 1 N–H and O–H groups in total. The Bertz CT molecular complexity index is 720. The van der Waals surface area contributed by atoms with Crippen molar-refractivity contribution in [1.29, 1.82) is 0 Å². The summed E-state index contributed by atoms with van der Waals surface area (Å²) in [6, 6.07) is 7.03. The van der Waals surface area contributed by atoms with Crippen LogP contribution in [0.4, 0.5) is 0 Å². The largest absolute Gasteiger partial charge is 0.481 e. The maximum Gasteiger partial charge on any atom is 0.261 e. The number of nitrogens with zero attached hydrogens (tertiary/aromatic N) is 2. The predicted octanol–water partition coefficient (Wildman–Crippen LogP) is 1.60. The van der Waals surface area contributed by atoms with Crippen LogP contribution in [0.5, 0.6) is 17.2 Å². The van der Waals surface area contributed by atoms with Gasteiger partial charge in [0.25, 0.3) is 5.91 Å². The second kappa shape index (κ2) is 6.51. The van der Waals surface area contributed by atoms with Gasteiger partial charge >= 0.3 is 0 Å². The van der Waals surface area contributed by atoms with E-state index in [1.54, 1.807) is 25.1 Å². The van der Waals surface area contributed by atoms with E-state index in [9.17, 15) is 4.79 Å². The van der Waals surface area contributed by atoms with Crippen molar-refractivity contribution in [3.8, 4) is 17.2 Å². The molecule has 2 aromatic rings. The van der Waals surface area contributed by atoms with Crippen molar-refractivity contribution in [2.45, 2.75) is 26.5 Å². The number of amides is 1. The van der Waals surface area contributed by atoms with Crippen LogP contribution >= 0.6 is 0 Å². The van der Waals surface area contributed by atoms with Crippen LogP contribution in [0.2, 0.25) is 0 Å². The van der Waals surface area contributed by atoms with Crippen LogP contribution in [0.3, 0.4) is 0 Å². The minimum atomic E-state index is -0.640. The molecule has 1 atom stereocenters. The highest BCUT2D eigenvalue weighted by molar-refractivity contribution is 5.80. The topological polar surface area (TPSA) is 82.6 Å². The molecule has 1 unspecified atom stereocenters. The smallest absolute Gasteiger partial charge is 0.261 e. The van der Waals surface area contributed by atoms with Gasteiger partial charge in [0.05, 0.1) is 12.2 Å². The molecule has 0 aliphatic carbocycles. The molecule has 1 aliphatic heterocycles. The normalized spacial score (nSPS) is 13.5. The Morgan fingerprint density at radius 2 is 2.13 bits per heavy atom. The van der Waals surface area contributed by atoms with E-state index in [2.05, 4.69) is 15.3 Å². The average molecular weight is 315 g/mol. The zero-order valence-electron chi connectivity index (χ0n) is 12.9. The highest BCUT2D eigenvalue weighted by atomic mass is 16.7. The molecule has 0 bridgehead atoms. The Morgan fingerprint density at radius 3 is 2.96 bits per heavy atom. The van der Waals surface area contributed by atoms with Gasteiger partial charge < -0.3 is 19.5 Å². The number of rotatable bonds is 5. The first-order valence-corrected chi connectivity index (χ1v) is 7.23. The van der Waals surface area contributed by atoms with E-state index in [1.165, 1.54) is 6.33 Å². The zero-order valence-corrected chi connectivity index (χ0v) is 12.9. The molecule has 2 heterocycles. The fourth-order valence-corrected chi connectivity index (χ4v) is 2.14. The third-order valence-electron chi connectivity index (χ3n) is 3.33. The second-order valence-electron chi connectivity index (χ2n) is 5.14. The maximum atomic E-state index is 12.1. The number of ether oxygens (including phenoxy) is 3. The summed E-state index contributed by atoms with van der Waals surface area (Å²) in [5.74, 6) is 1.62. The molecule has 7 heteroatoms. The number of nitrogens with one attached hydrogen (secondary N) is 1. The Kier molecular flexibility index (Phi) is 4.27. The van der Waals surface area contributed by atoms with Crippen LogP contribution in [0.1, 0.15) is 18.3 Å². The molecule has 120 valence electrons. The molecule has 3 rings (SSSR count). The molecule has 0 spiro atoms. The van der Waals surface area contributed by atoms with Crippen LogP contribution in [-0.2, 0) is 11.3 Å². The average Bonchev–Trinajstić information content (AvgIpc) is 3.00. The van der Waals surface area contributed by atoms with E-state index in [0.717, 1.165) is 11.4 Å². The summed E-state index contributed by atoms with van der Waals surface area (Å²) < 4.78 is 16.1. The Hall–Kier alpha value is -2.83. The van der Waals surface area contributed by atoms with E-state index in [1.807, 2.05) is 13.0 Å². The van der Waals surface area contributed by atoms with E-state index >= 15 is 0 Å². The third-order valence-corrected chi connectivity index (χ3v) is 3.33. The minimum Gasteiger partial charge on any atom is -0.481 e. The van der Waals surface area contributed by atoms with Gasteiger partial charge in [0, 0.05) is 11.8 Å². The molecule has 1 aromatic heterocycles. The van der Waals surface area contributed by atoms with Crippen LogP contribution in [0.15, 0.2) is 30.6 Å². The number of carbonyl (C=O) groups excluding carboxylic acids is 1. The number of benzene rings is 1. The lowest BCUT2D eigenvalue weighted by atomic mass is 10.3. The van der Waals surface area contributed by atoms with Crippen molar-refractivity contribution in [3.05, 3.63) is 42.0 Å². The quantitative estimate of drug-likeness (QED) is 0.902. The van der Waals surface area contributed by atoms with Gasteiger partial charge in [-0.3, -0.25) is 4.79 Å². The van der Waals surface area contributed by atoms with Gasteiger partial charge in [-0.1, -0.05) is 0 Å². The summed E-state index contributed by atoms with van der Waals surface area (Å²) in [7, 11) is 0. The zero-order chi connectivity index (χ0) is 16.2. The Morgan fingerprint density at radius 1 is 1.30 bits per heavy atom. The van der Waals surface area contributed by atoms with Crippen LogP contribution in [-0.4, -0.2) is 28.8 Å². The van der Waals surface area contributed by atoms with Gasteiger partial charge in [-0.05, 0) is 32.0 Å². The molecule has 1 aromatic carbocycles. The van der Waals surface area contributed by atoms with Crippen LogP contribution < -0.4 is 19.5 Å². The summed E-state index contributed by atoms with van der Waals surface area (Å²) in [6.45, 7) is 4.09. The molecule has 1 amide bonds. The summed E-state index contributed by atoms with van der Waals surface area (Å²) in [4.78, 5) is 20.2. The van der Waals surface area contributed by atoms with Crippen molar-refractivity contribution in [1.82, 2.24) is 15.3 Å². The Balaban J connectivity index is 1.55. The van der Waals surface area contributed by atoms with Crippen molar-refractivity contribution in [2.75, 3.05) is 6.79 Å². The van der Waals surface area contributed by atoms with Gasteiger partial charge in [-0.25, -0.2) is 9.97 Å². The summed E-state index contributed by atoms with van der Waals surface area (Å²) in [6.07, 6.45) is 0.835. The van der Waals surface area contributed by atoms with Crippen molar-refractivity contribution < 1.29 is 19.0 Å². The van der Waals surface area contributed by atoms with Gasteiger partial charge in [0.15, 0.2) is 17.6 Å². The molecule has 7 nitrogen and oxygen atoms in total. The van der Waals surface area contributed by atoms with E-state index in [4.69, 9.17) is 14.2 Å². The lowest BCUT2D eigenvalue weighted by Crippen LogP contribution is -2.36. The summed E-state index contributed by atoms with van der Waals surface area (Å²) in [5, 5.41) is 2.79. The molecule has 0 fully saturated rings. The third kappa shape index (κ3) is 3.68.